The van der Waals surface area contributed by atoms with Crippen molar-refractivity contribution in [2.75, 3.05) is 13.1 Å². The highest BCUT2D eigenvalue weighted by Crippen LogP contribution is 2.24. The molecule has 0 aromatic heterocycles. The molecule has 5 amide bonds. The number of phenols is 1. The average Bonchev–Trinajstić information content (AvgIpc) is 2.90. The molecule has 13 heteroatoms. The van der Waals surface area contributed by atoms with Gasteiger partial charge in [-0.15, -0.1) is 0 Å². The van der Waals surface area contributed by atoms with Crippen molar-refractivity contribution in [1.82, 2.24) is 25.8 Å². The Morgan fingerprint density at radius 3 is 2.48 bits per heavy atom. The number of hydrogen-bond donors (Lipinski definition) is 4. The Kier molecular flexibility index (Phi) is 7.10. The summed E-state index contributed by atoms with van der Waals surface area (Å²) in [6.07, 6.45) is 0.111. The number of amides is 5. The number of carbonyl (C=O) groups excluding carboxylic acids is 5. The quantitative estimate of drug-likeness (QED) is 0.383. The summed E-state index contributed by atoms with van der Waals surface area (Å²) in [7, 11) is 0. The highest BCUT2D eigenvalue weighted by Gasteiger charge is 2.44. The topological polar surface area (TPSA) is 177 Å². The summed E-state index contributed by atoms with van der Waals surface area (Å²) in [6, 6.07) is 2.00. The van der Waals surface area contributed by atoms with Crippen LogP contribution in [0.3, 0.4) is 0 Å². The fourth-order valence-corrected chi connectivity index (χ4v) is 3.62. The molecule has 1 aromatic rings. The van der Waals surface area contributed by atoms with E-state index < -0.39 is 48.2 Å². The van der Waals surface area contributed by atoms with Gasteiger partial charge in [0.1, 0.15) is 18.1 Å². The molecule has 2 unspecified atom stereocenters. The van der Waals surface area contributed by atoms with Crippen LogP contribution in [-0.2, 0) is 19.2 Å². The minimum atomic E-state index is -1.30. The van der Waals surface area contributed by atoms with Gasteiger partial charge in [0, 0.05) is 18.5 Å². The van der Waals surface area contributed by atoms with Gasteiger partial charge in [0.05, 0.1) is 19.0 Å². The van der Waals surface area contributed by atoms with Gasteiger partial charge in [0.2, 0.25) is 11.8 Å². The third-order valence-electron chi connectivity index (χ3n) is 5.22. The number of rotatable bonds is 7. The van der Waals surface area contributed by atoms with Crippen molar-refractivity contribution >= 4 is 36.0 Å². The molecule has 13 nitrogen and oxygen atoms in total. The maximum atomic E-state index is 13.3. The molecule has 2 fully saturated rings. The van der Waals surface area contributed by atoms with Crippen LogP contribution in [0.4, 0.5) is 4.79 Å². The van der Waals surface area contributed by atoms with Crippen molar-refractivity contribution in [1.29, 1.82) is 0 Å². The van der Waals surface area contributed by atoms with E-state index >= 15 is 0 Å². The molecule has 2 heterocycles. The van der Waals surface area contributed by atoms with E-state index in [9.17, 15) is 33.9 Å². The molecule has 2 aliphatic rings. The molecular formula is C20H23N5O8. The summed E-state index contributed by atoms with van der Waals surface area (Å²) in [4.78, 5) is 73.3. The second-order valence-corrected chi connectivity index (χ2v) is 7.54. The number of benzene rings is 1. The first-order valence-corrected chi connectivity index (χ1v) is 10.2. The summed E-state index contributed by atoms with van der Waals surface area (Å²) >= 11 is 0. The number of carbonyl (C=O) groups is 6. The fourth-order valence-electron chi connectivity index (χ4n) is 3.62. The lowest BCUT2D eigenvalue weighted by Gasteiger charge is -2.42. The van der Waals surface area contributed by atoms with Gasteiger partial charge in [-0.1, -0.05) is 0 Å². The largest absolute Gasteiger partial charge is 0.508 e. The molecule has 2 aliphatic heterocycles. The minimum absolute atomic E-state index is 0.0441. The first kappa shape index (κ1) is 23.5. The van der Waals surface area contributed by atoms with Crippen molar-refractivity contribution in [2.45, 2.75) is 37.8 Å². The van der Waals surface area contributed by atoms with Crippen LogP contribution in [0.2, 0.25) is 0 Å². The number of hydrogen-bond acceptors (Lipinski definition) is 7. The van der Waals surface area contributed by atoms with E-state index in [-0.39, 0.29) is 43.5 Å². The number of nitrogens with one attached hydrogen (secondary N) is 2. The van der Waals surface area contributed by atoms with Crippen molar-refractivity contribution in [3.8, 4) is 5.75 Å². The number of aromatic hydroxyl groups is 1. The van der Waals surface area contributed by atoms with Crippen LogP contribution in [0.1, 0.15) is 36.0 Å². The molecule has 1 aromatic carbocycles. The number of carboxylic acids is 1. The predicted molar refractivity (Wildman–Crippen MR) is 109 cm³/mol. The standard InChI is InChI=1S/C20H23N5O8/c26-11-13(10-17(29)30)21-19(32)15-2-1-8-24-16(28)7-9-23(20(33)25(15)24)22-18(31)12-3-5-14(27)6-4-12/h3-6,11,13,15,27H,1-2,7-10H2,(H,21,32)(H,22,31)(H,29,30). The maximum Gasteiger partial charge on any atom is 0.358 e. The Bertz CT molecular complexity index is 966. The summed E-state index contributed by atoms with van der Waals surface area (Å²) in [5.74, 6) is -3.21. The number of phenolic OH excluding ortho intramolecular Hbond substituents is 1. The molecule has 33 heavy (non-hydrogen) atoms. The van der Waals surface area contributed by atoms with Crippen LogP contribution >= 0.6 is 0 Å². The van der Waals surface area contributed by atoms with E-state index in [1.807, 2.05) is 0 Å². The normalized spacial score (nSPS) is 19.3. The van der Waals surface area contributed by atoms with Crippen LogP contribution in [0.25, 0.3) is 0 Å². The van der Waals surface area contributed by atoms with Crippen molar-refractivity contribution in [3.63, 3.8) is 0 Å². The molecule has 176 valence electrons. The Hall–Kier alpha value is -4.16. The van der Waals surface area contributed by atoms with E-state index in [1.54, 1.807) is 0 Å². The molecule has 2 atom stereocenters. The zero-order valence-corrected chi connectivity index (χ0v) is 17.5. The van der Waals surface area contributed by atoms with Crippen LogP contribution in [0.15, 0.2) is 24.3 Å². The molecular weight excluding hydrogens is 438 g/mol. The minimum Gasteiger partial charge on any atom is -0.508 e. The third-order valence-corrected chi connectivity index (χ3v) is 5.22. The van der Waals surface area contributed by atoms with E-state index in [2.05, 4.69) is 10.7 Å². The van der Waals surface area contributed by atoms with Crippen LogP contribution in [0.5, 0.6) is 5.75 Å². The monoisotopic (exact) mass is 461 g/mol. The summed E-state index contributed by atoms with van der Waals surface area (Å²) in [5, 5.41) is 23.5. The summed E-state index contributed by atoms with van der Waals surface area (Å²) in [5.41, 5.74) is 2.57. The number of aliphatic carboxylic acids is 1. The Morgan fingerprint density at radius 1 is 1.15 bits per heavy atom. The number of hydrazine groups is 2. The number of nitrogens with zero attached hydrogens (tertiary/aromatic N) is 3. The number of fused-ring (bicyclic) bond motifs is 1. The van der Waals surface area contributed by atoms with Gasteiger partial charge in [-0.2, -0.15) is 0 Å². The first-order valence-electron chi connectivity index (χ1n) is 10.2. The van der Waals surface area contributed by atoms with Crippen molar-refractivity contribution in [2.24, 2.45) is 0 Å². The predicted octanol–water partition coefficient (Wildman–Crippen LogP) is -0.771. The molecule has 3 rings (SSSR count). The van der Waals surface area contributed by atoms with Gasteiger partial charge in [-0.05, 0) is 37.1 Å². The van der Waals surface area contributed by atoms with Gasteiger partial charge in [-0.25, -0.2) is 19.8 Å². The third kappa shape index (κ3) is 5.37. The lowest BCUT2D eigenvalue weighted by Crippen LogP contribution is -2.64. The number of urea groups is 1. The lowest BCUT2D eigenvalue weighted by atomic mass is 10.1. The van der Waals surface area contributed by atoms with Crippen molar-refractivity contribution < 1.29 is 39.0 Å². The molecule has 0 aliphatic carbocycles. The smallest absolute Gasteiger partial charge is 0.358 e. The number of aldehydes is 1. The Labute approximate surface area is 187 Å². The van der Waals surface area contributed by atoms with E-state index in [4.69, 9.17) is 5.11 Å². The Morgan fingerprint density at radius 2 is 1.85 bits per heavy atom. The van der Waals surface area contributed by atoms with E-state index in [0.717, 1.165) is 15.0 Å². The second kappa shape index (κ2) is 9.97. The van der Waals surface area contributed by atoms with Gasteiger partial charge in [-0.3, -0.25) is 24.6 Å². The van der Waals surface area contributed by atoms with E-state index in [1.165, 1.54) is 24.3 Å². The molecule has 0 radical (unpaired) electrons. The van der Waals surface area contributed by atoms with Crippen molar-refractivity contribution in [3.05, 3.63) is 29.8 Å². The lowest BCUT2D eigenvalue weighted by molar-refractivity contribution is -0.155. The first-order chi connectivity index (χ1) is 15.7. The second-order valence-electron chi connectivity index (χ2n) is 7.54. The average molecular weight is 461 g/mol. The van der Waals surface area contributed by atoms with Gasteiger partial charge < -0.3 is 20.3 Å². The SMILES string of the molecule is O=CC(CC(=O)O)NC(=O)C1CCCN2C(=O)CCN(NC(=O)c3ccc(O)cc3)C(=O)N12. The molecule has 4 N–H and O–H groups in total. The zero-order valence-electron chi connectivity index (χ0n) is 17.5. The summed E-state index contributed by atoms with van der Waals surface area (Å²) < 4.78 is 0. The molecule has 0 saturated carbocycles. The molecule has 0 spiro atoms. The zero-order chi connectivity index (χ0) is 24.1. The van der Waals surface area contributed by atoms with Gasteiger partial charge in [0.25, 0.3) is 5.91 Å². The Balaban J connectivity index is 1.80. The maximum absolute atomic E-state index is 13.3. The molecule has 0 bridgehead atoms. The fraction of sp³-hybridized carbons (Fsp3) is 0.400. The van der Waals surface area contributed by atoms with Crippen LogP contribution in [-0.4, -0.2) is 86.4 Å². The molecule has 2 saturated heterocycles. The van der Waals surface area contributed by atoms with Gasteiger partial charge in [0.15, 0.2) is 0 Å². The van der Waals surface area contributed by atoms with Gasteiger partial charge >= 0.3 is 12.0 Å². The highest BCUT2D eigenvalue weighted by atomic mass is 16.4. The highest BCUT2D eigenvalue weighted by molar-refractivity contribution is 5.97. The van der Waals surface area contributed by atoms with Crippen LogP contribution < -0.4 is 10.7 Å². The van der Waals surface area contributed by atoms with Crippen LogP contribution in [0, 0.1) is 0 Å². The summed E-state index contributed by atoms with van der Waals surface area (Å²) in [6.45, 7) is 0.0408. The number of carboxylic acid groups (broad SMARTS) is 1. The van der Waals surface area contributed by atoms with E-state index in [0.29, 0.717) is 6.42 Å².